The van der Waals surface area contributed by atoms with E-state index in [0.29, 0.717) is 17.1 Å². The highest BCUT2D eigenvalue weighted by molar-refractivity contribution is 6.30. The summed E-state index contributed by atoms with van der Waals surface area (Å²) >= 11 is 6.19. The molecule has 10 nitrogen and oxygen atoms in total. The molecule has 0 saturated carbocycles. The molecule has 4 heterocycles. The van der Waals surface area contributed by atoms with Crippen molar-refractivity contribution in [3.05, 3.63) is 88.7 Å². The van der Waals surface area contributed by atoms with Crippen molar-refractivity contribution < 1.29 is 9.59 Å². The van der Waals surface area contributed by atoms with Gasteiger partial charge in [-0.15, -0.1) is 0 Å². The van der Waals surface area contributed by atoms with E-state index in [1.165, 1.54) is 5.56 Å². The zero-order chi connectivity index (χ0) is 31.6. The van der Waals surface area contributed by atoms with Crippen molar-refractivity contribution >= 4 is 34.9 Å². The van der Waals surface area contributed by atoms with E-state index >= 15 is 0 Å². The minimum absolute atomic E-state index is 0.0207. The molecule has 0 aliphatic carbocycles. The van der Waals surface area contributed by atoms with Crippen LogP contribution in [-0.2, 0) is 10.2 Å². The fraction of sp³-hybridized carbons (Fsp3) is 0.441. The van der Waals surface area contributed by atoms with Crippen LogP contribution in [-0.4, -0.2) is 96.5 Å². The molecule has 2 amide bonds. The Bertz CT molecular complexity index is 1470. The SMILES string of the molecule is CC(=O)NCC1(c2ccc(Cl)cc2)CCN(C2=CC=CN3NC(Nc4ccc(C(=O)N(C)C5CCN(C)CC5)cc4)N=C23)CC1. The van der Waals surface area contributed by atoms with Crippen molar-refractivity contribution in [2.75, 3.05) is 52.1 Å². The number of benzene rings is 2. The number of anilines is 1. The van der Waals surface area contributed by atoms with E-state index in [0.717, 1.165) is 69.1 Å². The molecule has 2 saturated heterocycles. The number of aliphatic imine (C=N–C) groups is 1. The molecule has 0 aromatic heterocycles. The van der Waals surface area contributed by atoms with E-state index in [1.54, 1.807) is 6.92 Å². The molecule has 45 heavy (non-hydrogen) atoms. The summed E-state index contributed by atoms with van der Waals surface area (Å²) in [5.74, 6) is 0.904. The summed E-state index contributed by atoms with van der Waals surface area (Å²) in [6.07, 6.45) is 9.55. The number of halogens is 1. The first-order chi connectivity index (χ1) is 21.7. The molecule has 6 rings (SSSR count). The zero-order valence-electron chi connectivity index (χ0n) is 26.3. The summed E-state index contributed by atoms with van der Waals surface area (Å²) in [5.41, 5.74) is 7.10. The fourth-order valence-electron chi connectivity index (χ4n) is 6.77. The number of fused-ring (bicyclic) bond motifs is 1. The maximum absolute atomic E-state index is 13.1. The number of carbonyl (C=O) groups is 2. The van der Waals surface area contributed by atoms with E-state index in [9.17, 15) is 9.59 Å². The van der Waals surface area contributed by atoms with Gasteiger partial charge in [-0.2, -0.15) is 5.43 Å². The van der Waals surface area contributed by atoms with Crippen molar-refractivity contribution in [3.63, 3.8) is 0 Å². The first-order valence-corrected chi connectivity index (χ1v) is 16.2. The second kappa shape index (κ2) is 13.2. The smallest absolute Gasteiger partial charge is 0.253 e. The predicted octanol–water partition coefficient (Wildman–Crippen LogP) is 4.00. The highest BCUT2D eigenvalue weighted by Gasteiger charge is 2.39. The molecule has 3 N–H and O–H groups in total. The number of hydrogen-bond donors (Lipinski definition) is 3. The third kappa shape index (κ3) is 6.88. The lowest BCUT2D eigenvalue weighted by Gasteiger charge is -2.44. The van der Waals surface area contributed by atoms with Gasteiger partial charge in [0.05, 0.1) is 5.70 Å². The van der Waals surface area contributed by atoms with Crippen molar-refractivity contribution in [2.24, 2.45) is 4.99 Å². The first kappa shape index (κ1) is 31.1. The Hall–Kier alpha value is -3.86. The van der Waals surface area contributed by atoms with Crippen LogP contribution < -0.4 is 16.1 Å². The molecule has 2 fully saturated rings. The number of hydrazine groups is 1. The van der Waals surface area contributed by atoms with Gasteiger partial charge in [-0.05, 0) is 99.9 Å². The lowest BCUT2D eigenvalue weighted by molar-refractivity contribution is -0.119. The van der Waals surface area contributed by atoms with Crippen molar-refractivity contribution in [1.29, 1.82) is 0 Å². The van der Waals surface area contributed by atoms with Gasteiger partial charge < -0.3 is 25.3 Å². The minimum Gasteiger partial charge on any atom is -0.368 e. The highest BCUT2D eigenvalue weighted by atomic mass is 35.5. The van der Waals surface area contributed by atoms with Gasteiger partial charge >= 0.3 is 0 Å². The number of likely N-dealkylation sites (tertiary alicyclic amines) is 2. The molecule has 0 spiro atoms. The molecule has 1 unspecified atom stereocenters. The third-order valence-electron chi connectivity index (χ3n) is 9.64. The number of nitrogens with one attached hydrogen (secondary N) is 3. The van der Waals surface area contributed by atoms with E-state index in [4.69, 9.17) is 16.6 Å². The lowest BCUT2D eigenvalue weighted by Crippen LogP contribution is -2.50. The van der Waals surface area contributed by atoms with Gasteiger partial charge in [0.25, 0.3) is 5.91 Å². The average molecular weight is 631 g/mol. The Labute approximate surface area is 270 Å². The number of piperidine rings is 2. The van der Waals surface area contributed by atoms with Gasteiger partial charge in [0.15, 0.2) is 12.1 Å². The Morgan fingerprint density at radius 3 is 2.40 bits per heavy atom. The third-order valence-corrected chi connectivity index (χ3v) is 9.90. The lowest BCUT2D eigenvalue weighted by atomic mass is 9.72. The quantitative estimate of drug-likeness (QED) is 0.406. The number of hydrogen-bond acceptors (Lipinski definition) is 8. The largest absolute Gasteiger partial charge is 0.368 e. The second-order valence-corrected chi connectivity index (χ2v) is 13.0. The van der Waals surface area contributed by atoms with Gasteiger partial charge in [-0.1, -0.05) is 23.7 Å². The normalized spacial score (nSPS) is 21.6. The Morgan fingerprint density at radius 2 is 1.73 bits per heavy atom. The summed E-state index contributed by atoms with van der Waals surface area (Å²) in [6.45, 7) is 5.86. The van der Waals surface area contributed by atoms with Crippen LogP contribution in [0.5, 0.6) is 0 Å². The summed E-state index contributed by atoms with van der Waals surface area (Å²) in [5, 5.41) is 9.19. The summed E-state index contributed by atoms with van der Waals surface area (Å²) in [6, 6.07) is 16.0. The maximum atomic E-state index is 13.1. The molecular weight excluding hydrogens is 588 g/mol. The van der Waals surface area contributed by atoms with E-state index in [-0.39, 0.29) is 29.6 Å². The number of rotatable bonds is 8. The van der Waals surface area contributed by atoms with Gasteiger partial charge in [0.2, 0.25) is 5.91 Å². The first-order valence-electron chi connectivity index (χ1n) is 15.8. The van der Waals surface area contributed by atoms with E-state index in [2.05, 4.69) is 51.1 Å². The van der Waals surface area contributed by atoms with Crippen LogP contribution in [0.3, 0.4) is 0 Å². The summed E-state index contributed by atoms with van der Waals surface area (Å²) < 4.78 is 0. The molecule has 4 aliphatic heterocycles. The Morgan fingerprint density at radius 1 is 1.04 bits per heavy atom. The fourth-order valence-corrected chi connectivity index (χ4v) is 6.90. The van der Waals surface area contributed by atoms with Crippen LogP contribution >= 0.6 is 11.6 Å². The monoisotopic (exact) mass is 630 g/mol. The highest BCUT2D eigenvalue weighted by Crippen LogP contribution is 2.37. The van der Waals surface area contributed by atoms with Crippen LogP contribution in [0, 0.1) is 0 Å². The van der Waals surface area contributed by atoms with Gasteiger partial charge in [-0.3, -0.25) is 14.6 Å². The topological polar surface area (TPSA) is 95.5 Å². The number of allylic oxidation sites excluding steroid dienone is 2. The second-order valence-electron chi connectivity index (χ2n) is 12.6. The van der Waals surface area contributed by atoms with Crippen molar-refractivity contribution in [2.45, 2.75) is 50.4 Å². The van der Waals surface area contributed by atoms with Gasteiger partial charge in [-0.25, -0.2) is 4.99 Å². The van der Waals surface area contributed by atoms with Gasteiger partial charge in [0, 0.05) is 67.5 Å². The van der Waals surface area contributed by atoms with Crippen molar-refractivity contribution in [1.82, 2.24) is 30.5 Å². The van der Waals surface area contributed by atoms with Crippen molar-refractivity contribution in [3.8, 4) is 0 Å². The standard InChI is InChI=1S/C34H43ClN8O2/c1-24(44)36-23-34(26-8-10-27(35)11-9-26)16-21-42(22-17-34)30-5-4-18-43-31(30)38-33(39-43)37-28-12-6-25(7-13-28)32(45)41(3)29-14-19-40(2)20-15-29/h4-13,18,29,33,37,39H,14-17,19-23H2,1-3H3,(H,36,44). The van der Waals surface area contributed by atoms with Crippen LogP contribution in [0.25, 0.3) is 0 Å². The predicted molar refractivity (Wildman–Crippen MR) is 179 cm³/mol. The maximum Gasteiger partial charge on any atom is 0.253 e. The molecule has 1 atom stereocenters. The number of amides is 2. The van der Waals surface area contributed by atoms with Crippen LogP contribution in [0.2, 0.25) is 5.02 Å². The molecule has 0 radical (unpaired) electrons. The number of amidine groups is 1. The number of nitrogens with zero attached hydrogens (tertiary/aromatic N) is 5. The zero-order valence-corrected chi connectivity index (χ0v) is 27.1. The van der Waals surface area contributed by atoms with E-state index < -0.39 is 0 Å². The molecular formula is C34H43ClN8O2. The van der Waals surface area contributed by atoms with Gasteiger partial charge in [0.1, 0.15) is 0 Å². The molecule has 2 aromatic carbocycles. The molecule has 2 aromatic rings. The summed E-state index contributed by atoms with van der Waals surface area (Å²) in [4.78, 5) is 36.6. The molecule has 0 bridgehead atoms. The molecule has 11 heteroatoms. The Kier molecular flexibility index (Phi) is 9.16. The van der Waals surface area contributed by atoms with E-state index in [1.807, 2.05) is 65.6 Å². The average Bonchev–Trinajstić information content (AvgIpc) is 3.47. The molecule has 4 aliphatic rings. The number of carbonyl (C=O) groups excluding carboxylic acids is 2. The minimum atomic E-state index is -0.354. The Balaban J connectivity index is 1.09. The van der Waals surface area contributed by atoms with Crippen LogP contribution in [0.15, 0.2) is 77.6 Å². The summed E-state index contributed by atoms with van der Waals surface area (Å²) in [7, 11) is 4.05. The molecule has 238 valence electrons. The van der Waals surface area contributed by atoms with Crippen LogP contribution in [0.4, 0.5) is 5.69 Å². The van der Waals surface area contributed by atoms with Crippen LogP contribution in [0.1, 0.15) is 48.5 Å².